The number of amides is 1. The van der Waals surface area contributed by atoms with E-state index in [0.29, 0.717) is 22.9 Å². The minimum Gasteiger partial charge on any atom is -0.493 e. The van der Waals surface area contributed by atoms with E-state index >= 15 is 0 Å². The van der Waals surface area contributed by atoms with Crippen molar-refractivity contribution in [1.29, 1.82) is 0 Å². The van der Waals surface area contributed by atoms with Gasteiger partial charge in [0.2, 0.25) is 0 Å². The van der Waals surface area contributed by atoms with E-state index in [4.69, 9.17) is 9.47 Å². The van der Waals surface area contributed by atoms with Crippen LogP contribution in [0.2, 0.25) is 0 Å². The predicted molar refractivity (Wildman–Crippen MR) is 83.1 cm³/mol. The first-order valence-electron chi connectivity index (χ1n) is 6.71. The highest BCUT2D eigenvalue weighted by Gasteiger charge is 2.06. The zero-order valence-electron chi connectivity index (χ0n) is 12.4. The summed E-state index contributed by atoms with van der Waals surface area (Å²) in [5.41, 5.74) is 3.75. The van der Waals surface area contributed by atoms with Gasteiger partial charge < -0.3 is 9.47 Å². The molecule has 0 radical (unpaired) electrons. The van der Waals surface area contributed by atoms with Crippen LogP contribution in [-0.2, 0) is 4.79 Å². The van der Waals surface area contributed by atoms with E-state index < -0.39 is 0 Å². The standard InChI is InChI=1S/C16H17N3O3/c1-12(13-7-5-6-10-17-13)18-19-16(20)11-22-15-9-4-3-8-14(15)21-2/h3-10H,11H2,1-2H3,(H,19,20)/b18-12+. The van der Waals surface area contributed by atoms with Crippen LogP contribution < -0.4 is 14.9 Å². The van der Waals surface area contributed by atoms with E-state index in [-0.39, 0.29) is 12.5 Å². The molecule has 0 spiro atoms. The number of hydrogen-bond acceptors (Lipinski definition) is 5. The summed E-state index contributed by atoms with van der Waals surface area (Å²) in [4.78, 5) is 15.9. The van der Waals surface area contributed by atoms with Gasteiger partial charge in [0.05, 0.1) is 18.5 Å². The normalized spacial score (nSPS) is 10.9. The number of aromatic nitrogens is 1. The molecule has 1 aromatic carbocycles. The van der Waals surface area contributed by atoms with Crippen molar-refractivity contribution < 1.29 is 14.3 Å². The summed E-state index contributed by atoms with van der Waals surface area (Å²) >= 11 is 0. The van der Waals surface area contributed by atoms with Crippen molar-refractivity contribution in [3.63, 3.8) is 0 Å². The monoisotopic (exact) mass is 299 g/mol. The van der Waals surface area contributed by atoms with Crippen LogP contribution >= 0.6 is 0 Å². The van der Waals surface area contributed by atoms with E-state index in [1.54, 1.807) is 38.4 Å². The van der Waals surface area contributed by atoms with Crippen LogP contribution in [0, 0.1) is 0 Å². The lowest BCUT2D eigenvalue weighted by molar-refractivity contribution is -0.123. The van der Waals surface area contributed by atoms with Crippen LogP contribution in [-0.4, -0.2) is 30.3 Å². The van der Waals surface area contributed by atoms with Gasteiger partial charge in [0.1, 0.15) is 0 Å². The van der Waals surface area contributed by atoms with Crippen LogP contribution in [0.3, 0.4) is 0 Å². The summed E-state index contributed by atoms with van der Waals surface area (Å²) in [5, 5.41) is 3.99. The number of para-hydroxylation sites is 2. The molecule has 0 saturated heterocycles. The summed E-state index contributed by atoms with van der Waals surface area (Å²) < 4.78 is 10.5. The van der Waals surface area contributed by atoms with Gasteiger partial charge in [-0.1, -0.05) is 18.2 Å². The Labute approximate surface area is 128 Å². The Morgan fingerprint density at radius 3 is 2.59 bits per heavy atom. The SMILES string of the molecule is COc1ccccc1OCC(=O)N/N=C(\C)c1ccccn1. The van der Waals surface area contributed by atoms with Crippen molar-refractivity contribution in [3.8, 4) is 11.5 Å². The Kier molecular flexibility index (Phi) is 5.48. The lowest BCUT2D eigenvalue weighted by Gasteiger charge is -2.09. The van der Waals surface area contributed by atoms with E-state index in [1.165, 1.54) is 0 Å². The zero-order valence-corrected chi connectivity index (χ0v) is 12.4. The molecular formula is C16H17N3O3. The lowest BCUT2D eigenvalue weighted by atomic mass is 10.3. The Hall–Kier alpha value is -2.89. The molecule has 0 bridgehead atoms. The third-order valence-corrected chi connectivity index (χ3v) is 2.81. The van der Waals surface area contributed by atoms with Crippen molar-refractivity contribution >= 4 is 11.6 Å². The molecule has 22 heavy (non-hydrogen) atoms. The minimum atomic E-state index is -0.360. The van der Waals surface area contributed by atoms with Gasteiger partial charge in [0.15, 0.2) is 18.1 Å². The molecule has 0 atom stereocenters. The Bertz CT molecular complexity index is 657. The second kappa shape index (κ2) is 7.78. The minimum absolute atomic E-state index is 0.153. The molecule has 1 heterocycles. The number of nitrogens with zero attached hydrogens (tertiary/aromatic N) is 2. The van der Waals surface area contributed by atoms with Gasteiger partial charge in [-0.3, -0.25) is 9.78 Å². The van der Waals surface area contributed by atoms with E-state index in [9.17, 15) is 4.79 Å². The summed E-state index contributed by atoms with van der Waals surface area (Å²) in [6.07, 6.45) is 1.67. The maximum absolute atomic E-state index is 11.7. The van der Waals surface area contributed by atoms with Gasteiger partial charge >= 0.3 is 0 Å². The summed E-state index contributed by atoms with van der Waals surface area (Å²) in [7, 11) is 1.54. The fourth-order valence-corrected chi connectivity index (χ4v) is 1.69. The van der Waals surface area contributed by atoms with E-state index in [1.807, 2.05) is 24.3 Å². The maximum Gasteiger partial charge on any atom is 0.277 e. The molecule has 2 rings (SSSR count). The first-order valence-corrected chi connectivity index (χ1v) is 6.71. The molecule has 114 valence electrons. The smallest absolute Gasteiger partial charge is 0.277 e. The second-order valence-corrected chi connectivity index (χ2v) is 4.39. The largest absolute Gasteiger partial charge is 0.493 e. The van der Waals surface area contributed by atoms with Gasteiger partial charge in [-0.25, -0.2) is 5.43 Å². The number of pyridine rings is 1. The molecule has 6 nitrogen and oxygen atoms in total. The van der Waals surface area contributed by atoms with Crippen LogP contribution in [0.1, 0.15) is 12.6 Å². The fourth-order valence-electron chi connectivity index (χ4n) is 1.69. The second-order valence-electron chi connectivity index (χ2n) is 4.39. The lowest BCUT2D eigenvalue weighted by Crippen LogP contribution is -2.25. The number of methoxy groups -OCH3 is 1. The van der Waals surface area contributed by atoms with Crippen LogP contribution in [0.5, 0.6) is 11.5 Å². The Morgan fingerprint density at radius 1 is 1.18 bits per heavy atom. The number of hydrazone groups is 1. The van der Waals surface area contributed by atoms with Crippen LogP contribution in [0.25, 0.3) is 0 Å². The van der Waals surface area contributed by atoms with Gasteiger partial charge in [-0.05, 0) is 31.2 Å². The molecule has 0 unspecified atom stereocenters. The van der Waals surface area contributed by atoms with Crippen molar-refractivity contribution in [2.45, 2.75) is 6.92 Å². The van der Waals surface area contributed by atoms with Crippen LogP contribution in [0.4, 0.5) is 0 Å². The van der Waals surface area contributed by atoms with Gasteiger partial charge in [0.25, 0.3) is 5.91 Å². The number of carbonyl (C=O) groups excluding carboxylic acids is 1. The molecule has 1 amide bonds. The average Bonchev–Trinajstić information content (AvgIpc) is 2.58. The fraction of sp³-hybridized carbons (Fsp3) is 0.188. The van der Waals surface area contributed by atoms with Crippen molar-refractivity contribution in [2.75, 3.05) is 13.7 Å². The van der Waals surface area contributed by atoms with E-state index in [2.05, 4.69) is 15.5 Å². The van der Waals surface area contributed by atoms with E-state index in [0.717, 1.165) is 0 Å². The third kappa shape index (κ3) is 4.31. The summed E-state index contributed by atoms with van der Waals surface area (Å²) in [6.45, 7) is 1.61. The van der Waals surface area contributed by atoms with Crippen LogP contribution in [0.15, 0.2) is 53.8 Å². The molecule has 2 aromatic rings. The first-order chi connectivity index (χ1) is 10.7. The molecule has 0 fully saturated rings. The quantitative estimate of drug-likeness (QED) is 0.654. The topological polar surface area (TPSA) is 72.8 Å². The highest BCUT2D eigenvalue weighted by molar-refractivity contribution is 5.97. The number of ether oxygens (including phenoxy) is 2. The number of hydrogen-bond donors (Lipinski definition) is 1. The number of nitrogens with one attached hydrogen (secondary N) is 1. The maximum atomic E-state index is 11.7. The van der Waals surface area contributed by atoms with Gasteiger partial charge in [-0.15, -0.1) is 0 Å². The zero-order chi connectivity index (χ0) is 15.8. The molecule has 1 aromatic heterocycles. The van der Waals surface area contributed by atoms with Crippen molar-refractivity contribution in [3.05, 3.63) is 54.4 Å². The summed E-state index contributed by atoms with van der Waals surface area (Å²) in [5.74, 6) is 0.718. The molecule has 1 N–H and O–H groups in total. The third-order valence-electron chi connectivity index (χ3n) is 2.81. The molecule has 0 aliphatic rings. The molecular weight excluding hydrogens is 282 g/mol. The molecule has 6 heteroatoms. The van der Waals surface area contributed by atoms with Crippen molar-refractivity contribution in [2.24, 2.45) is 5.10 Å². The first kappa shape index (κ1) is 15.5. The van der Waals surface area contributed by atoms with Gasteiger partial charge in [0, 0.05) is 6.20 Å². The highest BCUT2D eigenvalue weighted by Crippen LogP contribution is 2.25. The number of benzene rings is 1. The molecule has 0 aliphatic carbocycles. The average molecular weight is 299 g/mol. The number of carbonyl (C=O) groups is 1. The molecule has 0 saturated carbocycles. The number of rotatable bonds is 6. The molecule has 0 aliphatic heterocycles. The Balaban J connectivity index is 1.88. The summed E-state index contributed by atoms with van der Waals surface area (Å²) in [6, 6.07) is 12.6. The Morgan fingerprint density at radius 2 is 1.91 bits per heavy atom. The van der Waals surface area contributed by atoms with Gasteiger partial charge in [-0.2, -0.15) is 5.10 Å². The highest BCUT2D eigenvalue weighted by atomic mass is 16.5. The predicted octanol–water partition coefficient (Wildman–Crippen LogP) is 2.01. The van der Waals surface area contributed by atoms with Crippen molar-refractivity contribution in [1.82, 2.24) is 10.4 Å².